The summed E-state index contributed by atoms with van der Waals surface area (Å²) >= 11 is 0. The van der Waals surface area contributed by atoms with E-state index < -0.39 is 0 Å². The summed E-state index contributed by atoms with van der Waals surface area (Å²) in [6.45, 7) is 0. The van der Waals surface area contributed by atoms with Crippen LogP contribution in [0.4, 0.5) is 0 Å². The van der Waals surface area contributed by atoms with Gasteiger partial charge in [0, 0.05) is 32.7 Å². The van der Waals surface area contributed by atoms with E-state index in [9.17, 15) is 10.5 Å². The van der Waals surface area contributed by atoms with Gasteiger partial charge in [-0.25, -0.2) is 0 Å². The van der Waals surface area contributed by atoms with E-state index in [-0.39, 0.29) is 0 Å². The third-order valence-electron chi connectivity index (χ3n) is 9.16. The number of rotatable bonds is 4. The van der Waals surface area contributed by atoms with Crippen LogP contribution in [0, 0.1) is 22.7 Å². The summed E-state index contributed by atoms with van der Waals surface area (Å²) in [5.41, 5.74) is 12.2. The third-order valence-corrected chi connectivity index (χ3v) is 9.16. The molecule has 0 fully saturated rings. The van der Waals surface area contributed by atoms with Gasteiger partial charge in [-0.15, -0.1) is 0 Å². The molecule has 0 aliphatic rings. The molecular weight excluding hydrogens is 588 g/mol. The lowest BCUT2D eigenvalue weighted by atomic mass is 9.87. The lowest BCUT2D eigenvalue weighted by molar-refractivity contribution is 0.668. The largest absolute Gasteiger partial charge is 0.456 e. The molecule has 48 heavy (non-hydrogen) atoms. The fraction of sp³-hybridized carbons (Fsp3) is 0. The Morgan fingerprint density at radius 1 is 0.375 bits per heavy atom. The SMILES string of the molecule is N#Cc1ccc2oc3cc(-c4ccc5c(c4)oc4cccc(-c6cc(-c7ccccc7)c(C#N)c(-c7ccccc7)c6)c45)ccc3c2c1. The summed E-state index contributed by atoms with van der Waals surface area (Å²) in [5.74, 6) is 0. The number of hydrogen-bond donors (Lipinski definition) is 0. The highest BCUT2D eigenvalue weighted by molar-refractivity contribution is 6.14. The van der Waals surface area contributed by atoms with Gasteiger partial charge in [0.15, 0.2) is 0 Å². The van der Waals surface area contributed by atoms with Crippen molar-refractivity contribution in [1.82, 2.24) is 0 Å². The number of fused-ring (bicyclic) bond motifs is 6. The van der Waals surface area contributed by atoms with Crippen LogP contribution in [0.2, 0.25) is 0 Å². The van der Waals surface area contributed by atoms with E-state index >= 15 is 0 Å². The molecule has 2 heterocycles. The molecule has 0 unspecified atom stereocenters. The minimum Gasteiger partial charge on any atom is -0.456 e. The normalized spacial score (nSPS) is 11.3. The van der Waals surface area contributed by atoms with E-state index in [4.69, 9.17) is 8.83 Å². The molecule has 222 valence electrons. The first-order chi connectivity index (χ1) is 23.7. The maximum atomic E-state index is 10.4. The van der Waals surface area contributed by atoms with Crippen molar-refractivity contribution >= 4 is 43.9 Å². The minimum absolute atomic E-state index is 0.609. The van der Waals surface area contributed by atoms with Crippen LogP contribution < -0.4 is 0 Å². The summed E-state index contributed by atoms with van der Waals surface area (Å²) in [7, 11) is 0. The van der Waals surface area contributed by atoms with Crippen LogP contribution >= 0.6 is 0 Å². The van der Waals surface area contributed by atoms with E-state index in [1.807, 2.05) is 66.7 Å². The van der Waals surface area contributed by atoms with E-state index in [1.54, 1.807) is 6.07 Å². The van der Waals surface area contributed by atoms with Crippen LogP contribution in [0.3, 0.4) is 0 Å². The molecule has 7 aromatic carbocycles. The van der Waals surface area contributed by atoms with E-state index in [0.717, 1.165) is 88.4 Å². The lowest BCUT2D eigenvalue weighted by Crippen LogP contribution is -1.93. The average Bonchev–Trinajstić information content (AvgIpc) is 3.72. The Balaban J connectivity index is 1.21. The zero-order valence-electron chi connectivity index (χ0n) is 25.6. The number of nitrogens with zero attached hydrogens (tertiary/aromatic N) is 2. The zero-order valence-corrected chi connectivity index (χ0v) is 25.6. The molecule has 2 aromatic heterocycles. The second-order valence-electron chi connectivity index (χ2n) is 11.9. The summed E-state index contributed by atoms with van der Waals surface area (Å²) in [6.07, 6.45) is 0. The van der Waals surface area contributed by atoms with Gasteiger partial charge in [0.25, 0.3) is 0 Å². The van der Waals surface area contributed by atoms with E-state index in [2.05, 4.69) is 84.9 Å². The molecule has 0 atom stereocenters. The predicted octanol–water partition coefficient (Wildman–Crippen LogP) is 11.9. The monoisotopic (exact) mass is 612 g/mol. The van der Waals surface area contributed by atoms with Crippen molar-refractivity contribution in [3.63, 3.8) is 0 Å². The maximum absolute atomic E-state index is 10.4. The first kappa shape index (κ1) is 27.4. The van der Waals surface area contributed by atoms with Gasteiger partial charge in [-0.3, -0.25) is 0 Å². The molecule has 4 heteroatoms. The smallest absolute Gasteiger partial charge is 0.136 e. The molecule has 9 rings (SSSR count). The first-order valence-corrected chi connectivity index (χ1v) is 15.7. The second-order valence-corrected chi connectivity index (χ2v) is 11.9. The van der Waals surface area contributed by atoms with Gasteiger partial charge in [0.1, 0.15) is 28.4 Å². The van der Waals surface area contributed by atoms with Crippen molar-refractivity contribution in [1.29, 1.82) is 10.5 Å². The molecule has 0 spiro atoms. The summed E-state index contributed by atoms with van der Waals surface area (Å²) in [4.78, 5) is 0. The van der Waals surface area contributed by atoms with Crippen LogP contribution in [0.15, 0.2) is 154 Å². The van der Waals surface area contributed by atoms with Crippen LogP contribution in [-0.2, 0) is 0 Å². The summed E-state index contributed by atoms with van der Waals surface area (Å²) < 4.78 is 12.7. The minimum atomic E-state index is 0.609. The van der Waals surface area contributed by atoms with Gasteiger partial charge in [-0.2, -0.15) is 10.5 Å². The molecule has 0 radical (unpaired) electrons. The second kappa shape index (κ2) is 10.9. The van der Waals surface area contributed by atoms with Gasteiger partial charge in [0.05, 0.1) is 17.2 Å². The van der Waals surface area contributed by atoms with Gasteiger partial charge in [-0.1, -0.05) is 84.9 Å². The standard InChI is InChI=1S/C44H24N2O2/c45-25-27-14-19-40-38(20-27)34-17-15-30(23-42(34)47-40)31-16-18-35-43(24-31)48-41-13-7-12-33(44(35)41)32-21-36(28-8-3-1-4-9-28)39(26-46)37(22-32)29-10-5-2-6-11-29/h1-24H. The van der Waals surface area contributed by atoms with E-state index in [0.29, 0.717) is 11.1 Å². The van der Waals surface area contributed by atoms with E-state index in [1.165, 1.54) is 0 Å². The van der Waals surface area contributed by atoms with Crippen LogP contribution in [0.1, 0.15) is 11.1 Å². The van der Waals surface area contributed by atoms with Gasteiger partial charge < -0.3 is 8.83 Å². The Morgan fingerprint density at radius 2 is 1.00 bits per heavy atom. The Morgan fingerprint density at radius 3 is 1.65 bits per heavy atom. The Bertz CT molecular complexity index is 2730. The Kier molecular flexibility index (Phi) is 6.22. The molecule has 0 bridgehead atoms. The third kappa shape index (κ3) is 4.36. The highest BCUT2D eigenvalue weighted by atomic mass is 16.3. The Hall–Kier alpha value is -6.88. The van der Waals surface area contributed by atoms with Crippen molar-refractivity contribution in [2.45, 2.75) is 0 Å². The Labute approximate surface area is 275 Å². The van der Waals surface area contributed by atoms with Crippen LogP contribution in [0.25, 0.3) is 88.4 Å². The summed E-state index contributed by atoms with van der Waals surface area (Å²) in [6, 6.07) is 53.4. The summed E-state index contributed by atoms with van der Waals surface area (Å²) in [5, 5.41) is 23.7. The number of hydrogen-bond acceptors (Lipinski definition) is 4. The molecule has 0 saturated carbocycles. The van der Waals surface area contributed by atoms with Gasteiger partial charge in [0.2, 0.25) is 0 Å². The molecule has 0 saturated heterocycles. The van der Waals surface area contributed by atoms with Crippen LogP contribution in [-0.4, -0.2) is 0 Å². The average molecular weight is 613 g/mol. The quantitative estimate of drug-likeness (QED) is 0.198. The predicted molar refractivity (Wildman–Crippen MR) is 192 cm³/mol. The molecule has 0 N–H and O–H groups in total. The fourth-order valence-corrected chi connectivity index (χ4v) is 6.88. The first-order valence-electron chi connectivity index (χ1n) is 15.7. The fourth-order valence-electron chi connectivity index (χ4n) is 6.88. The molecular formula is C44H24N2O2. The van der Waals surface area contributed by atoms with Crippen LogP contribution in [0.5, 0.6) is 0 Å². The van der Waals surface area contributed by atoms with Gasteiger partial charge in [-0.05, 0) is 94.0 Å². The van der Waals surface area contributed by atoms with Gasteiger partial charge >= 0.3 is 0 Å². The highest BCUT2D eigenvalue weighted by Crippen LogP contribution is 2.42. The maximum Gasteiger partial charge on any atom is 0.136 e. The van der Waals surface area contributed by atoms with Crippen molar-refractivity contribution in [2.75, 3.05) is 0 Å². The zero-order chi connectivity index (χ0) is 32.2. The number of benzene rings is 7. The lowest BCUT2D eigenvalue weighted by Gasteiger charge is -2.15. The van der Waals surface area contributed by atoms with Crippen molar-refractivity contribution in [3.05, 3.63) is 157 Å². The molecule has 4 nitrogen and oxygen atoms in total. The molecule has 9 aromatic rings. The molecule has 0 aliphatic carbocycles. The molecule has 0 amide bonds. The molecule has 0 aliphatic heterocycles. The number of nitriles is 2. The highest BCUT2D eigenvalue weighted by Gasteiger charge is 2.19. The van der Waals surface area contributed by atoms with Crippen molar-refractivity contribution in [3.8, 4) is 56.6 Å². The topological polar surface area (TPSA) is 73.9 Å². The van der Waals surface area contributed by atoms with Crippen molar-refractivity contribution in [2.24, 2.45) is 0 Å². The number of furan rings is 2. The van der Waals surface area contributed by atoms with Crippen molar-refractivity contribution < 1.29 is 8.83 Å².